The first kappa shape index (κ1) is 12.9. The molecular weight excluding hydrogens is 230 g/mol. The van der Waals surface area contributed by atoms with E-state index in [2.05, 4.69) is 6.92 Å². The van der Waals surface area contributed by atoms with Crippen molar-refractivity contribution in [1.82, 2.24) is 4.57 Å². The van der Waals surface area contributed by atoms with Gasteiger partial charge in [0.15, 0.2) is 0 Å². The van der Waals surface area contributed by atoms with Gasteiger partial charge in [-0.3, -0.25) is 4.79 Å². The molecule has 0 amide bonds. The first-order valence-corrected chi connectivity index (χ1v) is 6.59. The zero-order chi connectivity index (χ0) is 13.1. The van der Waals surface area contributed by atoms with Gasteiger partial charge in [-0.15, -0.1) is 0 Å². The van der Waals surface area contributed by atoms with Gasteiger partial charge in [-0.1, -0.05) is 26.2 Å². The van der Waals surface area contributed by atoms with E-state index in [9.17, 15) is 9.59 Å². The van der Waals surface area contributed by atoms with E-state index >= 15 is 0 Å². The highest BCUT2D eigenvalue weighted by Crippen LogP contribution is 2.35. The summed E-state index contributed by atoms with van der Waals surface area (Å²) in [6, 6.07) is 2.91. The Labute approximate surface area is 106 Å². The highest BCUT2D eigenvalue weighted by molar-refractivity contribution is 5.87. The van der Waals surface area contributed by atoms with Crippen LogP contribution in [0.25, 0.3) is 0 Å². The molecule has 1 fully saturated rings. The highest BCUT2D eigenvalue weighted by atomic mass is 16.4. The second kappa shape index (κ2) is 5.38. The zero-order valence-corrected chi connectivity index (χ0v) is 10.6. The predicted octanol–water partition coefficient (Wildman–Crippen LogP) is 2.69. The van der Waals surface area contributed by atoms with Gasteiger partial charge in [0.2, 0.25) is 0 Å². The average molecular weight is 249 g/mol. The van der Waals surface area contributed by atoms with Crippen LogP contribution in [0.1, 0.15) is 55.4 Å². The molecule has 4 heteroatoms. The summed E-state index contributed by atoms with van der Waals surface area (Å²) in [5.41, 5.74) is 0.0976. The molecule has 1 saturated carbocycles. The van der Waals surface area contributed by atoms with Crippen molar-refractivity contribution in [3.05, 3.63) is 34.2 Å². The Balaban J connectivity index is 2.38. The number of aromatic nitrogens is 1. The Hall–Kier alpha value is -1.58. The number of hydrogen-bond donors (Lipinski definition) is 1. The summed E-state index contributed by atoms with van der Waals surface area (Å²) in [6.07, 6.45) is 6.97. The lowest BCUT2D eigenvalue weighted by atomic mass is 9.82. The number of pyridine rings is 1. The van der Waals surface area contributed by atoms with Gasteiger partial charge in [-0.25, -0.2) is 4.79 Å². The fourth-order valence-corrected chi connectivity index (χ4v) is 2.92. The van der Waals surface area contributed by atoms with Crippen LogP contribution in [0.15, 0.2) is 23.1 Å². The van der Waals surface area contributed by atoms with Crippen LogP contribution < -0.4 is 5.56 Å². The SMILES string of the molecule is CCC1CCCCC1n1cc(C(=O)O)ccc1=O. The number of hydrogen-bond acceptors (Lipinski definition) is 2. The molecule has 0 bridgehead atoms. The summed E-state index contributed by atoms with van der Waals surface area (Å²) >= 11 is 0. The molecule has 0 saturated heterocycles. The summed E-state index contributed by atoms with van der Waals surface area (Å²) in [5.74, 6) is -0.492. The highest BCUT2D eigenvalue weighted by Gasteiger charge is 2.26. The molecule has 0 spiro atoms. The quantitative estimate of drug-likeness (QED) is 0.896. The summed E-state index contributed by atoms with van der Waals surface area (Å²) < 4.78 is 1.64. The van der Waals surface area contributed by atoms with Gasteiger partial charge in [-0.05, 0) is 24.8 Å². The fraction of sp³-hybridized carbons (Fsp3) is 0.571. The van der Waals surface area contributed by atoms with Gasteiger partial charge in [0.1, 0.15) is 0 Å². The largest absolute Gasteiger partial charge is 0.478 e. The maximum absolute atomic E-state index is 11.9. The van der Waals surface area contributed by atoms with Crippen LogP contribution >= 0.6 is 0 Å². The van der Waals surface area contributed by atoms with Gasteiger partial charge in [-0.2, -0.15) is 0 Å². The van der Waals surface area contributed by atoms with Crippen LogP contribution in [-0.4, -0.2) is 15.6 Å². The Morgan fingerprint density at radius 1 is 1.39 bits per heavy atom. The van der Waals surface area contributed by atoms with Crippen LogP contribution in [-0.2, 0) is 0 Å². The summed E-state index contributed by atoms with van der Waals surface area (Å²) in [7, 11) is 0. The molecule has 1 aromatic rings. The summed E-state index contributed by atoms with van der Waals surface area (Å²) in [6.45, 7) is 2.13. The van der Waals surface area contributed by atoms with E-state index in [1.165, 1.54) is 24.8 Å². The topological polar surface area (TPSA) is 59.3 Å². The van der Waals surface area contributed by atoms with Gasteiger partial charge in [0.25, 0.3) is 5.56 Å². The zero-order valence-electron chi connectivity index (χ0n) is 10.6. The van der Waals surface area contributed by atoms with Crippen LogP contribution in [0.3, 0.4) is 0 Å². The van der Waals surface area contributed by atoms with E-state index in [-0.39, 0.29) is 17.2 Å². The van der Waals surface area contributed by atoms with Crippen LogP contribution in [0, 0.1) is 5.92 Å². The van der Waals surface area contributed by atoms with E-state index in [1.54, 1.807) is 4.57 Å². The number of carbonyl (C=O) groups is 1. The maximum atomic E-state index is 11.9. The standard InChI is InChI=1S/C14H19NO3/c1-2-10-5-3-4-6-12(10)15-9-11(14(17)18)7-8-13(15)16/h7-10,12H,2-6H2,1H3,(H,17,18). The van der Waals surface area contributed by atoms with Crippen molar-refractivity contribution in [2.75, 3.05) is 0 Å². The molecule has 1 N–H and O–H groups in total. The molecule has 0 aliphatic heterocycles. The van der Waals surface area contributed by atoms with E-state index in [0.29, 0.717) is 5.92 Å². The van der Waals surface area contributed by atoms with Crippen molar-refractivity contribution in [2.24, 2.45) is 5.92 Å². The number of nitrogens with zero attached hydrogens (tertiary/aromatic N) is 1. The van der Waals surface area contributed by atoms with Crippen molar-refractivity contribution in [3.63, 3.8) is 0 Å². The molecule has 98 valence electrons. The van der Waals surface area contributed by atoms with E-state index in [1.807, 2.05) is 0 Å². The molecule has 1 aliphatic carbocycles. The van der Waals surface area contributed by atoms with Crippen molar-refractivity contribution in [3.8, 4) is 0 Å². The van der Waals surface area contributed by atoms with Crippen LogP contribution in [0.2, 0.25) is 0 Å². The molecule has 0 radical (unpaired) electrons. The third-order valence-electron chi connectivity index (χ3n) is 3.94. The Kier molecular flexibility index (Phi) is 3.84. The van der Waals surface area contributed by atoms with E-state index < -0.39 is 5.97 Å². The first-order valence-electron chi connectivity index (χ1n) is 6.59. The number of carboxylic acids is 1. The average Bonchev–Trinajstić information content (AvgIpc) is 2.39. The molecule has 4 nitrogen and oxygen atoms in total. The minimum Gasteiger partial charge on any atom is -0.478 e. The second-order valence-electron chi connectivity index (χ2n) is 4.99. The molecule has 18 heavy (non-hydrogen) atoms. The van der Waals surface area contributed by atoms with Gasteiger partial charge in [0, 0.05) is 18.3 Å². The lowest BCUT2D eigenvalue weighted by molar-refractivity contribution is 0.0695. The molecule has 2 unspecified atom stereocenters. The van der Waals surface area contributed by atoms with Crippen molar-refractivity contribution in [1.29, 1.82) is 0 Å². The Morgan fingerprint density at radius 2 is 2.11 bits per heavy atom. The molecule has 1 aliphatic rings. The number of aromatic carboxylic acids is 1. The Bertz CT molecular complexity index is 492. The minimum absolute atomic E-state index is 0.0923. The number of carboxylic acid groups (broad SMARTS) is 1. The third kappa shape index (κ3) is 2.47. The van der Waals surface area contributed by atoms with Crippen molar-refractivity contribution in [2.45, 2.75) is 45.1 Å². The second-order valence-corrected chi connectivity index (χ2v) is 4.99. The van der Waals surface area contributed by atoms with Crippen LogP contribution in [0.5, 0.6) is 0 Å². The molecule has 0 aromatic carbocycles. The molecule has 2 rings (SSSR count). The van der Waals surface area contributed by atoms with Crippen LogP contribution in [0.4, 0.5) is 0 Å². The van der Waals surface area contributed by atoms with Gasteiger partial charge < -0.3 is 9.67 Å². The normalized spacial score (nSPS) is 23.8. The lowest BCUT2D eigenvalue weighted by Gasteiger charge is -2.32. The molecule has 1 heterocycles. The minimum atomic E-state index is -0.979. The van der Waals surface area contributed by atoms with Crippen molar-refractivity contribution < 1.29 is 9.90 Å². The Morgan fingerprint density at radius 3 is 2.78 bits per heavy atom. The molecule has 1 aromatic heterocycles. The van der Waals surface area contributed by atoms with Gasteiger partial charge in [0.05, 0.1) is 5.56 Å². The van der Waals surface area contributed by atoms with E-state index in [4.69, 9.17) is 5.11 Å². The predicted molar refractivity (Wildman–Crippen MR) is 68.9 cm³/mol. The monoisotopic (exact) mass is 249 g/mol. The van der Waals surface area contributed by atoms with Gasteiger partial charge >= 0.3 is 5.97 Å². The first-order chi connectivity index (χ1) is 8.63. The number of rotatable bonds is 3. The third-order valence-corrected chi connectivity index (χ3v) is 3.94. The molecule has 2 atom stereocenters. The van der Waals surface area contributed by atoms with E-state index in [0.717, 1.165) is 25.7 Å². The summed E-state index contributed by atoms with van der Waals surface area (Å²) in [4.78, 5) is 22.9. The molecular formula is C14H19NO3. The fourth-order valence-electron chi connectivity index (χ4n) is 2.92. The summed E-state index contributed by atoms with van der Waals surface area (Å²) in [5, 5.41) is 9.01. The smallest absolute Gasteiger partial charge is 0.337 e. The van der Waals surface area contributed by atoms with Crippen molar-refractivity contribution >= 4 is 5.97 Å². The maximum Gasteiger partial charge on any atom is 0.337 e. The lowest BCUT2D eigenvalue weighted by Crippen LogP contribution is -2.31.